The van der Waals surface area contributed by atoms with Gasteiger partial charge in [-0.1, -0.05) is 6.08 Å². The maximum Gasteiger partial charge on any atom is 0.323 e. The smallest absolute Gasteiger partial charge is 0.323 e. The zero-order chi connectivity index (χ0) is 12.6. The highest BCUT2D eigenvalue weighted by Gasteiger charge is 2.26. The fraction of sp³-hybridized carbons (Fsp3) is 0.600. The van der Waals surface area contributed by atoms with Crippen molar-refractivity contribution in [1.82, 2.24) is 5.32 Å². The highest BCUT2D eigenvalue weighted by atomic mass is 19.1. The van der Waals surface area contributed by atoms with Gasteiger partial charge in [0.15, 0.2) is 0 Å². The van der Waals surface area contributed by atoms with Gasteiger partial charge in [0.2, 0.25) is 0 Å². The minimum absolute atomic E-state index is 0.0454. The number of allylic oxidation sites excluding steroid dienone is 1. The molecule has 1 atom stereocenters. The average Bonchev–Trinajstić information content (AvgIpc) is 2.17. The molecule has 0 bridgehead atoms. The van der Waals surface area contributed by atoms with E-state index in [1.165, 1.54) is 13.0 Å². The molecule has 0 spiro atoms. The van der Waals surface area contributed by atoms with Crippen LogP contribution in [0.2, 0.25) is 0 Å². The molecule has 0 fully saturated rings. The van der Waals surface area contributed by atoms with Crippen LogP contribution in [0.25, 0.3) is 0 Å². The van der Waals surface area contributed by atoms with E-state index in [-0.39, 0.29) is 25.2 Å². The number of nitrogens with two attached hydrogens (primary N) is 1. The standard InChI is InChI=1S/C10H18FN3O2/c1-10(13,9(15)16)4-2-3-8(11)7-14-6-5-12/h3,5,12,14H,2,4,6-7,13H2,1H3,(H,15,16)/b8-3+,12-5?. The first-order valence-electron chi connectivity index (χ1n) is 4.96. The summed E-state index contributed by atoms with van der Waals surface area (Å²) in [5.74, 6) is -1.47. The lowest BCUT2D eigenvalue weighted by molar-refractivity contribution is -0.142. The molecule has 0 aromatic carbocycles. The Hall–Kier alpha value is -1.27. The molecule has 0 heterocycles. The van der Waals surface area contributed by atoms with Gasteiger partial charge >= 0.3 is 5.97 Å². The van der Waals surface area contributed by atoms with E-state index >= 15 is 0 Å². The van der Waals surface area contributed by atoms with E-state index in [1.807, 2.05) is 0 Å². The molecule has 16 heavy (non-hydrogen) atoms. The number of rotatable bonds is 8. The van der Waals surface area contributed by atoms with Crippen LogP contribution in [0.3, 0.4) is 0 Å². The van der Waals surface area contributed by atoms with Crippen LogP contribution in [0.1, 0.15) is 19.8 Å². The molecule has 0 aromatic rings. The van der Waals surface area contributed by atoms with Crippen LogP contribution in [0, 0.1) is 5.41 Å². The van der Waals surface area contributed by atoms with Gasteiger partial charge in [0, 0.05) is 19.3 Å². The SMILES string of the molecule is CC(N)(CC/C=C(/F)CNCC=N)C(=O)O. The zero-order valence-corrected chi connectivity index (χ0v) is 9.29. The summed E-state index contributed by atoms with van der Waals surface area (Å²) in [7, 11) is 0. The summed E-state index contributed by atoms with van der Waals surface area (Å²) in [5, 5.41) is 18.1. The Bertz CT molecular complexity index is 277. The maximum atomic E-state index is 13.0. The Morgan fingerprint density at radius 3 is 2.81 bits per heavy atom. The summed E-state index contributed by atoms with van der Waals surface area (Å²) in [6, 6.07) is 0. The lowest BCUT2D eigenvalue weighted by Gasteiger charge is -2.17. The fourth-order valence-corrected chi connectivity index (χ4v) is 0.971. The molecule has 0 saturated heterocycles. The molecule has 0 amide bonds. The Kier molecular flexibility index (Phi) is 6.52. The van der Waals surface area contributed by atoms with Crippen molar-refractivity contribution in [3.63, 3.8) is 0 Å². The molecule has 0 aromatic heterocycles. The molecule has 1 unspecified atom stereocenters. The summed E-state index contributed by atoms with van der Waals surface area (Å²) in [6.45, 7) is 1.75. The molecular formula is C10H18FN3O2. The second kappa shape index (κ2) is 7.08. The van der Waals surface area contributed by atoms with Gasteiger partial charge in [0.25, 0.3) is 0 Å². The third-order valence-electron chi connectivity index (χ3n) is 2.06. The second-order valence-corrected chi connectivity index (χ2v) is 3.75. The summed E-state index contributed by atoms with van der Waals surface area (Å²) in [5.41, 5.74) is 4.15. The molecule has 0 saturated carbocycles. The van der Waals surface area contributed by atoms with E-state index < -0.39 is 11.5 Å². The Morgan fingerprint density at radius 2 is 2.31 bits per heavy atom. The molecule has 5 nitrogen and oxygen atoms in total. The lowest BCUT2D eigenvalue weighted by atomic mass is 9.97. The number of aliphatic carboxylic acids is 1. The van der Waals surface area contributed by atoms with Crippen molar-refractivity contribution in [1.29, 1.82) is 5.41 Å². The first kappa shape index (κ1) is 14.7. The number of hydrogen-bond donors (Lipinski definition) is 4. The van der Waals surface area contributed by atoms with Gasteiger partial charge in [-0.3, -0.25) is 4.79 Å². The molecule has 0 aliphatic heterocycles. The minimum atomic E-state index is -1.32. The predicted octanol–water partition coefficient (Wildman–Crippen LogP) is 0.661. The van der Waals surface area contributed by atoms with Crippen molar-refractivity contribution < 1.29 is 14.3 Å². The Morgan fingerprint density at radius 1 is 1.69 bits per heavy atom. The average molecular weight is 231 g/mol. The van der Waals surface area contributed by atoms with Crippen LogP contribution >= 0.6 is 0 Å². The van der Waals surface area contributed by atoms with E-state index in [9.17, 15) is 9.18 Å². The first-order valence-corrected chi connectivity index (χ1v) is 4.96. The summed E-state index contributed by atoms with van der Waals surface area (Å²) in [6.07, 6.45) is 2.90. The molecule has 92 valence electrons. The fourth-order valence-electron chi connectivity index (χ4n) is 0.971. The number of nitrogens with one attached hydrogen (secondary N) is 2. The number of carboxylic acids is 1. The quantitative estimate of drug-likeness (QED) is 0.364. The van der Waals surface area contributed by atoms with Crippen LogP contribution < -0.4 is 11.1 Å². The molecule has 0 rings (SSSR count). The van der Waals surface area contributed by atoms with E-state index in [1.54, 1.807) is 0 Å². The predicted molar refractivity (Wildman–Crippen MR) is 60.3 cm³/mol. The summed E-state index contributed by atoms with van der Waals surface area (Å²) in [4.78, 5) is 10.6. The van der Waals surface area contributed by atoms with Crippen molar-refractivity contribution in [3.8, 4) is 0 Å². The number of hydrogen-bond acceptors (Lipinski definition) is 4. The van der Waals surface area contributed by atoms with E-state index in [0.29, 0.717) is 6.54 Å². The van der Waals surface area contributed by atoms with Gasteiger partial charge in [0.1, 0.15) is 11.4 Å². The molecule has 0 aliphatic rings. The highest BCUT2D eigenvalue weighted by molar-refractivity contribution is 5.77. The number of carboxylic acid groups (broad SMARTS) is 1. The lowest BCUT2D eigenvalue weighted by Crippen LogP contribution is -2.44. The van der Waals surface area contributed by atoms with Crippen molar-refractivity contribution in [3.05, 3.63) is 11.9 Å². The van der Waals surface area contributed by atoms with Gasteiger partial charge in [0.05, 0.1) is 0 Å². The van der Waals surface area contributed by atoms with E-state index in [0.717, 1.165) is 6.21 Å². The molecule has 0 aliphatic carbocycles. The van der Waals surface area contributed by atoms with E-state index in [2.05, 4.69) is 5.32 Å². The van der Waals surface area contributed by atoms with Crippen LogP contribution in [-0.2, 0) is 4.79 Å². The van der Waals surface area contributed by atoms with Crippen LogP contribution in [0.15, 0.2) is 11.9 Å². The van der Waals surface area contributed by atoms with Crippen molar-refractivity contribution in [2.75, 3.05) is 13.1 Å². The highest BCUT2D eigenvalue weighted by Crippen LogP contribution is 2.10. The van der Waals surface area contributed by atoms with Crippen molar-refractivity contribution in [2.45, 2.75) is 25.3 Å². The van der Waals surface area contributed by atoms with Gasteiger partial charge in [-0.2, -0.15) is 0 Å². The van der Waals surface area contributed by atoms with Gasteiger partial charge < -0.3 is 21.6 Å². The van der Waals surface area contributed by atoms with Gasteiger partial charge in [-0.05, 0) is 19.8 Å². The van der Waals surface area contributed by atoms with Crippen LogP contribution in [0.5, 0.6) is 0 Å². The minimum Gasteiger partial charge on any atom is -0.480 e. The van der Waals surface area contributed by atoms with Gasteiger partial charge in [-0.25, -0.2) is 4.39 Å². The molecule has 5 N–H and O–H groups in total. The molecular weight excluding hydrogens is 213 g/mol. The normalized spacial score (nSPS) is 15.6. The van der Waals surface area contributed by atoms with Crippen molar-refractivity contribution in [2.24, 2.45) is 5.73 Å². The first-order chi connectivity index (χ1) is 7.40. The second-order valence-electron chi connectivity index (χ2n) is 3.75. The monoisotopic (exact) mass is 231 g/mol. The van der Waals surface area contributed by atoms with Crippen LogP contribution in [0.4, 0.5) is 4.39 Å². The topological polar surface area (TPSA) is 99.2 Å². The van der Waals surface area contributed by atoms with Crippen molar-refractivity contribution >= 4 is 12.2 Å². The van der Waals surface area contributed by atoms with Gasteiger partial charge in [-0.15, -0.1) is 0 Å². The molecule has 0 radical (unpaired) electrons. The van der Waals surface area contributed by atoms with Crippen LogP contribution in [-0.4, -0.2) is 35.9 Å². The Balaban J connectivity index is 3.90. The molecule has 6 heteroatoms. The van der Waals surface area contributed by atoms with E-state index in [4.69, 9.17) is 16.2 Å². The third kappa shape index (κ3) is 6.26. The largest absolute Gasteiger partial charge is 0.480 e. The zero-order valence-electron chi connectivity index (χ0n) is 9.29. The maximum absolute atomic E-state index is 13.0. The number of carbonyl (C=O) groups is 1. The number of halogens is 1. The Labute approximate surface area is 94.0 Å². The summed E-state index contributed by atoms with van der Waals surface area (Å²) >= 11 is 0. The summed E-state index contributed by atoms with van der Waals surface area (Å²) < 4.78 is 13.0. The third-order valence-corrected chi connectivity index (χ3v) is 2.06.